The van der Waals surface area contributed by atoms with Crippen molar-refractivity contribution in [3.05, 3.63) is 24.3 Å². The molecule has 2 saturated heterocycles. The van der Waals surface area contributed by atoms with E-state index in [9.17, 15) is 30.6 Å². The maximum absolute atomic E-state index is 11.4. The van der Waals surface area contributed by atoms with Gasteiger partial charge >= 0.3 is 0 Å². The van der Waals surface area contributed by atoms with Gasteiger partial charge in [-0.25, -0.2) is 0 Å². The first-order chi connectivity index (χ1) is 25.3. The molecular formula is C44H74O10. The molecule has 0 radical (unpaired) electrons. The van der Waals surface area contributed by atoms with Gasteiger partial charge < -0.3 is 49.6 Å². The van der Waals surface area contributed by atoms with Crippen LogP contribution in [0.4, 0.5) is 0 Å². The predicted molar refractivity (Wildman–Crippen MR) is 206 cm³/mol. The van der Waals surface area contributed by atoms with Crippen molar-refractivity contribution in [3.8, 4) is 0 Å². The molecule has 3 saturated carbocycles. The summed E-state index contributed by atoms with van der Waals surface area (Å²) in [7, 11) is 0. The molecule has 6 aliphatic rings. The zero-order valence-electron chi connectivity index (χ0n) is 34.3. The fraction of sp³-hybridized carbons (Fsp3) is 0.909. The van der Waals surface area contributed by atoms with Gasteiger partial charge in [0.2, 0.25) is 0 Å². The molecule has 0 aromatic carbocycles. The molecule has 3 unspecified atom stereocenters. The van der Waals surface area contributed by atoms with Gasteiger partial charge in [0.1, 0.15) is 12.2 Å². The van der Waals surface area contributed by atoms with E-state index in [1.54, 1.807) is 13.8 Å². The molecular weight excluding hydrogens is 688 g/mol. The van der Waals surface area contributed by atoms with Crippen molar-refractivity contribution in [2.24, 2.45) is 45.3 Å². The van der Waals surface area contributed by atoms with E-state index < -0.39 is 61.4 Å². The Bertz CT molecular complexity index is 1330. The van der Waals surface area contributed by atoms with Crippen molar-refractivity contribution in [1.82, 2.24) is 0 Å². The molecule has 0 bridgehead atoms. The van der Waals surface area contributed by atoms with Crippen LogP contribution in [0.15, 0.2) is 24.3 Å². The molecule has 310 valence electrons. The lowest BCUT2D eigenvalue weighted by molar-refractivity contribution is -0.296. The van der Waals surface area contributed by atoms with E-state index in [1.165, 1.54) is 24.8 Å². The Balaban J connectivity index is 1.12. The lowest BCUT2D eigenvalue weighted by Crippen LogP contribution is -2.59. The molecule has 0 spiro atoms. The number of fused-ring (bicyclic) bond motifs is 5. The largest absolute Gasteiger partial charge is 0.394 e. The van der Waals surface area contributed by atoms with E-state index in [0.29, 0.717) is 36.5 Å². The number of rotatable bonds is 13. The summed E-state index contributed by atoms with van der Waals surface area (Å²) in [6.07, 6.45) is 9.16. The monoisotopic (exact) mass is 763 g/mol. The van der Waals surface area contributed by atoms with Gasteiger partial charge in [0.25, 0.3) is 0 Å². The highest BCUT2D eigenvalue weighted by atomic mass is 16.7. The molecule has 54 heavy (non-hydrogen) atoms. The van der Waals surface area contributed by atoms with Crippen molar-refractivity contribution in [3.63, 3.8) is 0 Å². The molecule has 5 fully saturated rings. The lowest BCUT2D eigenvalue weighted by Gasteiger charge is -2.66. The highest BCUT2D eigenvalue weighted by Gasteiger charge is 2.68. The Labute approximate surface area is 324 Å². The summed E-state index contributed by atoms with van der Waals surface area (Å²) in [5, 5.41) is 63.1. The molecule has 2 aliphatic heterocycles. The maximum Gasteiger partial charge on any atom is 0.184 e. The summed E-state index contributed by atoms with van der Waals surface area (Å²) in [6.45, 7) is 19.7. The maximum atomic E-state index is 11.4. The van der Waals surface area contributed by atoms with E-state index in [2.05, 4.69) is 53.3 Å². The molecule has 16 atom stereocenters. The highest BCUT2D eigenvalue weighted by Crippen LogP contribution is 2.75. The Morgan fingerprint density at radius 3 is 2.37 bits per heavy atom. The Kier molecular flexibility index (Phi) is 12.7. The predicted octanol–water partition coefficient (Wildman–Crippen LogP) is 5.79. The summed E-state index contributed by atoms with van der Waals surface area (Å²) in [5.74, 6) is 2.02. The molecule has 4 aliphatic carbocycles. The molecule has 0 amide bonds. The second-order valence-corrected chi connectivity index (χ2v) is 19.9. The first-order valence-corrected chi connectivity index (χ1v) is 21.3. The normalized spacial score (nSPS) is 46.1. The number of ether oxygens (including phenoxy) is 4. The van der Waals surface area contributed by atoms with E-state index in [1.807, 2.05) is 0 Å². The molecule has 6 N–H and O–H groups in total. The smallest absolute Gasteiger partial charge is 0.184 e. The molecule has 0 aromatic rings. The van der Waals surface area contributed by atoms with Gasteiger partial charge in [0, 0.05) is 24.7 Å². The number of hydrogen-bond acceptors (Lipinski definition) is 10. The minimum atomic E-state index is -1.14. The third-order valence-electron chi connectivity index (χ3n) is 16.3. The first kappa shape index (κ1) is 42.7. The summed E-state index contributed by atoms with van der Waals surface area (Å²) in [4.78, 5) is 0. The van der Waals surface area contributed by atoms with Gasteiger partial charge in [-0.2, -0.15) is 0 Å². The Morgan fingerprint density at radius 2 is 1.70 bits per heavy atom. The average Bonchev–Trinajstić information content (AvgIpc) is 3.41. The van der Waals surface area contributed by atoms with Gasteiger partial charge in [-0.3, -0.25) is 0 Å². The summed E-state index contributed by atoms with van der Waals surface area (Å²) in [5.41, 5.74) is 0.529. The van der Waals surface area contributed by atoms with E-state index in [-0.39, 0.29) is 47.2 Å². The van der Waals surface area contributed by atoms with E-state index in [4.69, 9.17) is 18.9 Å². The van der Waals surface area contributed by atoms with Gasteiger partial charge in [-0.15, -0.1) is 6.58 Å². The average molecular weight is 763 g/mol. The van der Waals surface area contributed by atoms with Gasteiger partial charge in [-0.05, 0) is 112 Å². The summed E-state index contributed by atoms with van der Waals surface area (Å²) in [6, 6.07) is 0. The number of aliphatic hydroxyl groups excluding tert-OH is 5. The zero-order valence-corrected chi connectivity index (χ0v) is 34.3. The molecule has 10 nitrogen and oxygen atoms in total. The SMILES string of the molecule is C=C[C@@]12CCC([C@H](CC)CC[C@@H](O[C@H]3C[C@@H](O)C[C@@H](CO[C@H]4O[C@H](CO)[C@@H](O)C[C@H]4O)O3)C(C)(C)O)[C@@]1(C)CC[C@@]1(C)C3CC[C@H](O)C(C)(C)C3=CCC12. The molecule has 2 heterocycles. The standard InChI is InChI=1S/C44H74O10/c1-9-26(29-17-18-44(10-2)35-14-12-30-31(13-15-36(49)40(30,3)4)42(35,7)19-20-43(29,44)8)11-16-37(41(5,6)50)54-38-22-27(46)21-28(52-38)25-51-39-33(48)23-32(47)34(24-45)53-39/h10,12,26-29,31-39,45-50H,2,9,11,13-25H2,1,3-8H3/t26-,27+,28+,29?,31?,32+,33-,34-,35?,36+,37-,38+,39+,42+,43-,44+/m1/s1. The van der Waals surface area contributed by atoms with Crippen LogP contribution in [-0.2, 0) is 18.9 Å². The van der Waals surface area contributed by atoms with Crippen LogP contribution in [-0.4, -0.2) is 105 Å². The van der Waals surface area contributed by atoms with E-state index >= 15 is 0 Å². The van der Waals surface area contributed by atoms with Gasteiger partial charge in [0.15, 0.2) is 12.6 Å². The van der Waals surface area contributed by atoms with Crippen LogP contribution in [0.3, 0.4) is 0 Å². The van der Waals surface area contributed by atoms with Crippen molar-refractivity contribution in [2.45, 2.75) is 193 Å². The summed E-state index contributed by atoms with van der Waals surface area (Å²) >= 11 is 0. The minimum absolute atomic E-state index is 0.0270. The number of hydrogen-bond donors (Lipinski definition) is 6. The van der Waals surface area contributed by atoms with Crippen LogP contribution in [0.25, 0.3) is 0 Å². The van der Waals surface area contributed by atoms with Gasteiger partial charge in [-0.1, -0.05) is 58.8 Å². The Hall–Kier alpha value is -0.920. The van der Waals surface area contributed by atoms with Crippen LogP contribution in [0.1, 0.15) is 132 Å². The fourth-order valence-electron chi connectivity index (χ4n) is 12.9. The number of allylic oxidation sites excluding steroid dienone is 2. The third kappa shape index (κ3) is 7.57. The summed E-state index contributed by atoms with van der Waals surface area (Å²) < 4.78 is 24.2. The highest BCUT2D eigenvalue weighted by molar-refractivity contribution is 5.32. The minimum Gasteiger partial charge on any atom is -0.394 e. The molecule has 0 aromatic heterocycles. The lowest BCUT2D eigenvalue weighted by atomic mass is 9.38. The molecule has 6 rings (SSSR count). The van der Waals surface area contributed by atoms with Crippen molar-refractivity contribution < 1.29 is 49.6 Å². The van der Waals surface area contributed by atoms with Crippen molar-refractivity contribution >= 4 is 0 Å². The Morgan fingerprint density at radius 1 is 0.963 bits per heavy atom. The van der Waals surface area contributed by atoms with Crippen LogP contribution >= 0.6 is 0 Å². The molecule has 10 heteroatoms. The van der Waals surface area contributed by atoms with Crippen molar-refractivity contribution in [1.29, 1.82) is 0 Å². The first-order valence-electron chi connectivity index (χ1n) is 21.3. The van der Waals surface area contributed by atoms with Gasteiger partial charge in [0.05, 0.1) is 49.3 Å². The van der Waals surface area contributed by atoms with Crippen LogP contribution in [0.5, 0.6) is 0 Å². The van der Waals surface area contributed by atoms with Crippen molar-refractivity contribution in [2.75, 3.05) is 13.2 Å². The quantitative estimate of drug-likeness (QED) is 0.127. The third-order valence-corrected chi connectivity index (χ3v) is 16.3. The second-order valence-electron chi connectivity index (χ2n) is 19.9. The number of aliphatic hydroxyl groups is 6. The zero-order chi connectivity index (χ0) is 39.4. The fourth-order valence-corrected chi connectivity index (χ4v) is 12.9. The van der Waals surface area contributed by atoms with Crippen LogP contribution in [0, 0.1) is 45.3 Å². The second kappa shape index (κ2) is 16.0. The van der Waals surface area contributed by atoms with Crippen LogP contribution in [0.2, 0.25) is 0 Å². The van der Waals surface area contributed by atoms with E-state index in [0.717, 1.165) is 38.5 Å². The topological polar surface area (TPSA) is 158 Å². The van der Waals surface area contributed by atoms with Crippen LogP contribution < -0.4 is 0 Å².